The number of rotatable bonds is 2. The van der Waals surface area contributed by atoms with Gasteiger partial charge in [0.1, 0.15) is 0 Å². The van der Waals surface area contributed by atoms with E-state index in [0.29, 0.717) is 15.6 Å². The smallest absolute Gasteiger partial charge is 0.176 e. The van der Waals surface area contributed by atoms with Crippen LogP contribution in [0.25, 0.3) is 0 Å². The Balaban J connectivity index is 2.91. The normalized spacial score (nSPS) is 10.7. The quantitative estimate of drug-likeness (QED) is 0.369. The van der Waals surface area contributed by atoms with Gasteiger partial charge in [0.2, 0.25) is 0 Å². The van der Waals surface area contributed by atoms with Gasteiger partial charge in [0, 0.05) is 29.7 Å². The maximum atomic E-state index is 7.61. The molecule has 1 rings (SSSR count). The fraction of sp³-hybridized carbons (Fsp3) is 0.222. The Labute approximate surface area is 98.0 Å². The first-order chi connectivity index (χ1) is 6.99. The molecule has 0 saturated carbocycles. The van der Waals surface area contributed by atoms with Crippen LogP contribution in [0.3, 0.4) is 0 Å². The minimum atomic E-state index is 0.0214. The van der Waals surface area contributed by atoms with Gasteiger partial charge in [-0.15, -0.1) is 5.11 Å². The third-order valence-electron chi connectivity index (χ3n) is 1.46. The second-order valence-electron chi connectivity index (χ2n) is 3.04. The Morgan fingerprint density at radius 3 is 2.20 bits per heavy atom. The standard InChI is InChI=1S/C9H10Cl2N4/c1-15(2)14-13-9(12)6-3-7(10)5-8(11)4-6/h3-5,12H,1-2H3/b12-9?,14-13-. The lowest BCUT2D eigenvalue weighted by molar-refractivity contribution is 0.410. The SMILES string of the molecule is CN(C)/N=N\C(=N)c1cc(Cl)cc(Cl)c1. The van der Waals surface area contributed by atoms with E-state index in [1.165, 1.54) is 5.01 Å². The predicted octanol–water partition coefficient (Wildman–Crippen LogP) is 3.25. The zero-order valence-corrected chi connectivity index (χ0v) is 9.84. The number of hydrogen-bond acceptors (Lipinski definition) is 2. The number of nitrogens with one attached hydrogen (secondary N) is 1. The van der Waals surface area contributed by atoms with Gasteiger partial charge in [-0.3, -0.25) is 10.4 Å². The van der Waals surface area contributed by atoms with Crippen molar-refractivity contribution in [2.75, 3.05) is 14.1 Å². The maximum Gasteiger partial charge on any atom is 0.176 e. The van der Waals surface area contributed by atoms with Crippen LogP contribution in [-0.2, 0) is 0 Å². The van der Waals surface area contributed by atoms with Crippen molar-refractivity contribution in [1.29, 1.82) is 5.41 Å². The summed E-state index contributed by atoms with van der Waals surface area (Å²) in [4.78, 5) is 0. The molecule has 0 aliphatic heterocycles. The molecule has 0 atom stereocenters. The average molecular weight is 245 g/mol. The Hall–Kier alpha value is -1.13. The molecule has 0 saturated heterocycles. The molecule has 0 heterocycles. The number of benzene rings is 1. The highest BCUT2D eigenvalue weighted by atomic mass is 35.5. The Morgan fingerprint density at radius 2 is 1.73 bits per heavy atom. The lowest BCUT2D eigenvalue weighted by Gasteiger charge is -2.02. The minimum absolute atomic E-state index is 0.0214. The van der Waals surface area contributed by atoms with Crippen LogP contribution in [0.5, 0.6) is 0 Å². The Kier molecular flexibility index (Phi) is 4.05. The molecule has 0 bridgehead atoms. The second kappa shape index (κ2) is 5.09. The summed E-state index contributed by atoms with van der Waals surface area (Å²) in [6.45, 7) is 0. The second-order valence-corrected chi connectivity index (χ2v) is 3.92. The monoisotopic (exact) mass is 244 g/mol. The number of hydrogen-bond donors (Lipinski definition) is 1. The van der Waals surface area contributed by atoms with E-state index in [9.17, 15) is 0 Å². The van der Waals surface area contributed by atoms with Crippen molar-refractivity contribution in [3.8, 4) is 0 Å². The van der Waals surface area contributed by atoms with E-state index >= 15 is 0 Å². The molecule has 0 amide bonds. The van der Waals surface area contributed by atoms with Gasteiger partial charge in [0.05, 0.1) is 0 Å². The molecular weight excluding hydrogens is 235 g/mol. The summed E-state index contributed by atoms with van der Waals surface area (Å²) in [7, 11) is 3.45. The molecule has 15 heavy (non-hydrogen) atoms. The third kappa shape index (κ3) is 3.85. The molecule has 1 aromatic carbocycles. The molecule has 0 aliphatic rings. The van der Waals surface area contributed by atoms with Crippen LogP contribution in [0.15, 0.2) is 28.5 Å². The average Bonchev–Trinajstić information content (AvgIpc) is 2.12. The van der Waals surface area contributed by atoms with Gasteiger partial charge in [-0.2, -0.15) is 0 Å². The lowest BCUT2D eigenvalue weighted by Crippen LogP contribution is -2.02. The molecule has 0 aliphatic carbocycles. The number of nitrogens with zero attached hydrogens (tertiary/aromatic N) is 3. The Bertz CT molecular complexity index is 381. The molecular formula is C9H10Cl2N4. The van der Waals surface area contributed by atoms with Crippen molar-refractivity contribution >= 4 is 29.0 Å². The molecule has 1 N–H and O–H groups in total. The molecule has 0 spiro atoms. The molecule has 0 aromatic heterocycles. The van der Waals surface area contributed by atoms with Crippen molar-refractivity contribution < 1.29 is 0 Å². The van der Waals surface area contributed by atoms with E-state index in [4.69, 9.17) is 28.6 Å². The molecule has 0 radical (unpaired) electrons. The molecule has 4 nitrogen and oxygen atoms in total. The molecule has 6 heteroatoms. The van der Waals surface area contributed by atoms with Crippen LogP contribution in [0.1, 0.15) is 5.56 Å². The van der Waals surface area contributed by atoms with Crippen LogP contribution in [0, 0.1) is 5.41 Å². The molecule has 80 valence electrons. The van der Waals surface area contributed by atoms with Crippen molar-refractivity contribution in [3.63, 3.8) is 0 Å². The summed E-state index contributed by atoms with van der Waals surface area (Å²) in [5.41, 5.74) is 0.540. The van der Waals surface area contributed by atoms with Crippen LogP contribution in [0.2, 0.25) is 10.0 Å². The zero-order valence-electron chi connectivity index (χ0n) is 8.33. The van der Waals surface area contributed by atoms with Crippen LogP contribution in [-0.4, -0.2) is 24.9 Å². The maximum absolute atomic E-state index is 7.61. The summed E-state index contributed by atoms with van der Waals surface area (Å²) in [6, 6.07) is 4.83. The van der Waals surface area contributed by atoms with E-state index in [0.717, 1.165) is 0 Å². The van der Waals surface area contributed by atoms with Crippen molar-refractivity contribution in [2.45, 2.75) is 0 Å². The number of amidine groups is 1. The summed E-state index contributed by atoms with van der Waals surface area (Å²) in [5, 5.41) is 17.5. The first kappa shape index (κ1) is 11.9. The van der Waals surface area contributed by atoms with Gasteiger partial charge in [-0.05, 0) is 18.2 Å². The summed E-state index contributed by atoms with van der Waals surface area (Å²) < 4.78 is 0. The Morgan fingerprint density at radius 1 is 1.20 bits per heavy atom. The third-order valence-corrected chi connectivity index (χ3v) is 1.90. The lowest BCUT2D eigenvalue weighted by atomic mass is 10.2. The van der Waals surface area contributed by atoms with E-state index < -0.39 is 0 Å². The highest BCUT2D eigenvalue weighted by Crippen LogP contribution is 2.19. The van der Waals surface area contributed by atoms with E-state index in [-0.39, 0.29) is 5.84 Å². The van der Waals surface area contributed by atoms with E-state index in [1.54, 1.807) is 32.3 Å². The summed E-state index contributed by atoms with van der Waals surface area (Å²) >= 11 is 11.6. The largest absolute Gasteiger partial charge is 0.285 e. The van der Waals surface area contributed by atoms with E-state index in [1.807, 2.05) is 0 Å². The van der Waals surface area contributed by atoms with Crippen molar-refractivity contribution in [3.05, 3.63) is 33.8 Å². The fourth-order valence-electron chi connectivity index (χ4n) is 0.882. The first-order valence-corrected chi connectivity index (χ1v) is 4.88. The number of halogens is 2. The van der Waals surface area contributed by atoms with E-state index in [2.05, 4.69) is 10.3 Å². The highest BCUT2D eigenvalue weighted by molar-refractivity contribution is 6.35. The van der Waals surface area contributed by atoms with Gasteiger partial charge < -0.3 is 0 Å². The topological polar surface area (TPSA) is 51.8 Å². The van der Waals surface area contributed by atoms with Crippen molar-refractivity contribution in [1.82, 2.24) is 5.01 Å². The summed E-state index contributed by atoms with van der Waals surface area (Å²) in [5.74, 6) is 0.0214. The van der Waals surface area contributed by atoms with Gasteiger partial charge >= 0.3 is 0 Å². The molecule has 1 aromatic rings. The van der Waals surface area contributed by atoms with Crippen LogP contribution >= 0.6 is 23.2 Å². The van der Waals surface area contributed by atoms with Gasteiger partial charge in [-0.25, -0.2) is 0 Å². The van der Waals surface area contributed by atoms with Gasteiger partial charge in [0.25, 0.3) is 0 Å². The predicted molar refractivity (Wildman–Crippen MR) is 61.8 cm³/mol. The fourth-order valence-corrected chi connectivity index (χ4v) is 1.41. The zero-order chi connectivity index (χ0) is 11.4. The first-order valence-electron chi connectivity index (χ1n) is 4.13. The van der Waals surface area contributed by atoms with Crippen LogP contribution < -0.4 is 0 Å². The summed E-state index contributed by atoms with van der Waals surface area (Å²) in [6.07, 6.45) is 0. The minimum Gasteiger partial charge on any atom is -0.285 e. The highest BCUT2D eigenvalue weighted by Gasteiger charge is 2.03. The van der Waals surface area contributed by atoms with Crippen LogP contribution in [0.4, 0.5) is 0 Å². The molecule has 0 fully saturated rings. The van der Waals surface area contributed by atoms with Gasteiger partial charge in [0.15, 0.2) is 5.84 Å². The van der Waals surface area contributed by atoms with Gasteiger partial charge in [-0.1, -0.05) is 28.4 Å². The molecule has 0 unspecified atom stereocenters. The van der Waals surface area contributed by atoms with Crippen molar-refractivity contribution in [2.24, 2.45) is 10.3 Å².